The number of anilines is 1. The van der Waals surface area contributed by atoms with E-state index in [2.05, 4.69) is 32.2 Å². The number of carbonyl (C=O) groups excluding carboxylic acids is 1. The van der Waals surface area contributed by atoms with E-state index >= 15 is 0 Å². The molecule has 3 aromatic heterocycles. The number of amides is 1. The molecule has 5 aromatic rings. The summed E-state index contributed by atoms with van der Waals surface area (Å²) < 4.78 is 7.24. The average molecular weight is 457 g/mol. The maximum Gasteiger partial charge on any atom is 0.265 e. The number of para-hydroxylation sites is 3. The van der Waals surface area contributed by atoms with E-state index in [0.29, 0.717) is 16.3 Å². The Hall–Kier alpha value is -3.71. The second-order valence-electron chi connectivity index (χ2n) is 8.86. The number of nitrogens with zero attached hydrogens (tertiary/aromatic N) is 3. The van der Waals surface area contributed by atoms with Crippen molar-refractivity contribution in [3.8, 4) is 11.4 Å². The third kappa shape index (κ3) is 3.85. The van der Waals surface area contributed by atoms with Crippen LogP contribution in [0, 0.1) is 0 Å². The van der Waals surface area contributed by atoms with Gasteiger partial charge in [-0.25, -0.2) is 9.67 Å². The van der Waals surface area contributed by atoms with Gasteiger partial charge in [0.25, 0.3) is 5.91 Å². The number of ether oxygens (including phenoxy) is 1. The summed E-state index contributed by atoms with van der Waals surface area (Å²) in [7, 11) is 1.59. The third-order valence-corrected chi connectivity index (χ3v) is 6.48. The lowest BCUT2D eigenvalue weighted by Gasteiger charge is -2.15. The Morgan fingerprint density at radius 1 is 1.03 bits per heavy atom. The molecular formula is C26H24N4O2S. The second kappa shape index (κ2) is 8.01. The predicted octanol–water partition coefficient (Wildman–Crippen LogP) is 6.19. The lowest BCUT2D eigenvalue weighted by Crippen LogP contribution is -2.13. The molecule has 0 unspecified atom stereocenters. The number of hydrogen-bond acceptors (Lipinski definition) is 5. The number of fused-ring (bicyclic) bond motifs is 2. The zero-order valence-electron chi connectivity index (χ0n) is 18.9. The molecule has 0 aliphatic heterocycles. The Morgan fingerprint density at radius 3 is 2.48 bits per heavy atom. The van der Waals surface area contributed by atoms with Crippen molar-refractivity contribution in [2.75, 3.05) is 12.4 Å². The summed E-state index contributed by atoms with van der Waals surface area (Å²) >= 11 is 1.37. The van der Waals surface area contributed by atoms with Crippen LogP contribution in [0.3, 0.4) is 0 Å². The van der Waals surface area contributed by atoms with Crippen LogP contribution in [0.2, 0.25) is 0 Å². The second-order valence-corrected chi connectivity index (χ2v) is 9.90. The number of hydrogen-bond donors (Lipinski definition) is 1. The molecule has 5 rings (SSSR count). The van der Waals surface area contributed by atoms with E-state index in [1.807, 2.05) is 65.3 Å². The topological polar surface area (TPSA) is 69.0 Å². The van der Waals surface area contributed by atoms with Crippen LogP contribution in [0.5, 0.6) is 5.75 Å². The monoisotopic (exact) mass is 456 g/mol. The van der Waals surface area contributed by atoms with Crippen LogP contribution in [-0.4, -0.2) is 27.8 Å². The number of benzene rings is 2. The minimum atomic E-state index is -0.188. The number of carbonyl (C=O) groups is 1. The maximum atomic E-state index is 13.0. The van der Waals surface area contributed by atoms with Gasteiger partial charge in [-0.05, 0) is 36.4 Å². The highest BCUT2D eigenvalue weighted by Crippen LogP contribution is 2.35. The number of rotatable bonds is 4. The van der Waals surface area contributed by atoms with Crippen molar-refractivity contribution < 1.29 is 9.53 Å². The first-order valence-corrected chi connectivity index (χ1v) is 11.5. The van der Waals surface area contributed by atoms with Crippen molar-refractivity contribution in [1.29, 1.82) is 0 Å². The van der Waals surface area contributed by atoms with Gasteiger partial charge < -0.3 is 10.1 Å². The van der Waals surface area contributed by atoms with E-state index in [1.54, 1.807) is 7.11 Å². The highest BCUT2D eigenvalue weighted by molar-refractivity contribution is 7.20. The molecule has 1 N–H and O–H groups in total. The third-order valence-electron chi connectivity index (χ3n) is 5.43. The quantitative estimate of drug-likeness (QED) is 0.350. The van der Waals surface area contributed by atoms with Crippen LogP contribution in [0.15, 0.2) is 66.7 Å². The molecular weight excluding hydrogens is 432 g/mol. The van der Waals surface area contributed by atoms with Crippen LogP contribution >= 0.6 is 11.3 Å². The SMILES string of the molecule is COc1ccccc1NC(=O)c1cc2cc3c(C(C)(C)C)nn(-c4ccccc4)c3nc2s1. The Labute approximate surface area is 195 Å². The molecule has 0 aliphatic rings. The molecule has 0 radical (unpaired) electrons. The van der Waals surface area contributed by atoms with Gasteiger partial charge in [-0.15, -0.1) is 11.3 Å². The van der Waals surface area contributed by atoms with Crippen LogP contribution in [0.1, 0.15) is 36.1 Å². The fraction of sp³-hybridized carbons (Fsp3) is 0.192. The van der Waals surface area contributed by atoms with Crippen LogP contribution < -0.4 is 10.1 Å². The van der Waals surface area contributed by atoms with Gasteiger partial charge in [0.2, 0.25) is 0 Å². The smallest absolute Gasteiger partial charge is 0.265 e. The molecule has 0 atom stereocenters. The van der Waals surface area contributed by atoms with E-state index < -0.39 is 0 Å². The molecule has 0 saturated heterocycles. The van der Waals surface area contributed by atoms with Gasteiger partial charge in [0.15, 0.2) is 5.65 Å². The highest BCUT2D eigenvalue weighted by atomic mass is 32.1. The van der Waals surface area contributed by atoms with Gasteiger partial charge in [0, 0.05) is 16.2 Å². The molecule has 1 amide bonds. The zero-order chi connectivity index (χ0) is 23.2. The van der Waals surface area contributed by atoms with Gasteiger partial charge >= 0.3 is 0 Å². The molecule has 6 nitrogen and oxygen atoms in total. The number of thiophene rings is 1. The standard InChI is InChI=1S/C26H24N4O2S/c1-26(2,3)22-18-14-16-15-21(24(31)27-19-12-8-9-13-20(19)32-4)33-25(16)28-23(18)30(29-22)17-10-6-5-7-11-17/h5-15H,1-4H3,(H,27,31). The first-order valence-electron chi connectivity index (χ1n) is 10.7. The summed E-state index contributed by atoms with van der Waals surface area (Å²) in [6.07, 6.45) is 0. The summed E-state index contributed by atoms with van der Waals surface area (Å²) in [4.78, 5) is 19.3. The fourth-order valence-electron chi connectivity index (χ4n) is 3.85. The highest BCUT2D eigenvalue weighted by Gasteiger charge is 2.25. The van der Waals surface area contributed by atoms with E-state index in [4.69, 9.17) is 14.8 Å². The number of nitrogens with one attached hydrogen (secondary N) is 1. The van der Waals surface area contributed by atoms with Crippen molar-refractivity contribution in [1.82, 2.24) is 14.8 Å². The Balaban J connectivity index is 1.62. The summed E-state index contributed by atoms with van der Waals surface area (Å²) in [5.41, 5.74) is 3.19. The van der Waals surface area contributed by atoms with E-state index in [-0.39, 0.29) is 11.3 Å². The Morgan fingerprint density at radius 2 is 1.76 bits per heavy atom. The van der Waals surface area contributed by atoms with Gasteiger partial charge in [-0.1, -0.05) is 51.1 Å². The van der Waals surface area contributed by atoms with Crippen molar-refractivity contribution in [3.05, 3.63) is 77.3 Å². The molecule has 0 bridgehead atoms. The normalized spacial score (nSPS) is 11.8. The fourth-order valence-corrected chi connectivity index (χ4v) is 4.75. The largest absolute Gasteiger partial charge is 0.495 e. The molecule has 0 fully saturated rings. The molecule has 33 heavy (non-hydrogen) atoms. The lowest BCUT2D eigenvalue weighted by molar-refractivity contribution is 0.103. The van der Waals surface area contributed by atoms with E-state index in [9.17, 15) is 4.79 Å². The van der Waals surface area contributed by atoms with Crippen molar-refractivity contribution >= 4 is 44.2 Å². The average Bonchev–Trinajstić information content (AvgIpc) is 3.39. The molecule has 2 aromatic carbocycles. The minimum Gasteiger partial charge on any atom is -0.495 e. The minimum absolute atomic E-state index is 0.159. The number of methoxy groups -OCH3 is 1. The summed E-state index contributed by atoms with van der Waals surface area (Å²) in [5, 5.41) is 9.80. The van der Waals surface area contributed by atoms with E-state index in [1.165, 1.54) is 11.3 Å². The van der Waals surface area contributed by atoms with Crippen molar-refractivity contribution in [2.24, 2.45) is 0 Å². The van der Waals surface area contributed by atoms with Gasteiger partial charge in [-0.2, -0.15) is 5.10 Å². The van der Waals surface area contributed by atoms with Crippen molar-refractivity contribution in [2.45, 2.75) is 26.2 Å². The molecule has 0 spiro atoms. The van der Waals surface area contributed by atoms with Crippen LogP contribution in [0.4, 0.5) is 5.69 Å². The molecule has 0 aliphatic carbocycles. The first-order chi connectivity index (χ1) is 15.8. The summed E-state index contributed by atoms with van der Waals surface area (Å²) in [5.74, 6) is 0.431. The first kappa shape index (κ1) is 21.2. The van der Waals surface area contributed by atoms with Gasteiger partial charge in [-0.3, -0.25) is 4.79 Å². The number of pyridine rings is 1. The predicted molar refractivity (Wildman–Crippen MR) is 134 cm³/mol. The molecule has 0 saturated carbocycles. The zero-order valence-corrected chi connectivity index (χ0v) is 19.7. The van der Waals surface area contributed by atoms with Crippen LogP contribution in [-0.2, 0) is 5.41 Å². The lowest BCUT2D eigenvalue weighted by atomic mass is 9.90. The van der Waals surface area contributed by atoms with E-state index in [0.717, 1.165) is 32.6 Å². The Bertz CT molecular complexity index is 1480. The van der Waals surface area contributed by atoms with Gasteiger partial charge in [0.05, 0.1) is 29.1 Å². The molecule has 7 heteroatoms. The summed E-state index contributed by atoms with van der Waals surface area (Å²) in [6, 6.07) is 21.4. The molecule has 166 valence electrons. The number of aromatic nitrogens is 3. The Kier molecular flexibility index (Phi) is 5.13. The molecule has 3 heterocycles. The van der Waals surface area contributed by atoms with Gasteiger partial charge in [0.1, 0.15) is 10.6 Å². The summed E-state index contributed by atoms with van der Waals surface area (Å²) in [6.45, 7) is 6.44. The van der Waals surface area contributed by atoms with Crippen LogP contribution in [0.25, 0.3) is 26.9 Å². The maximum absolute atomic E-state index is 13.0. The van der Waals surface area contributed by atoms with Crippen molar-refractivity contribution in [3.63, 3.8) is 0 Å².